The molecule has 2 aliphatic heterocycles. The van der Waals surface area contributed by atoms with Crippen molar-refractivity contribution in [2.75, 3.05) is 24.5 Å². The first-order chi connectivity index (χ1) is 15.4. The maximum absolute atomic E-state index is 13.2. The van der Waals surface area contributed by atoms with E-state index in [2.05, 4.69) is 15.1 Å². The topological polar surface area (TPSA) is 78.7 Å². The molecule has 1 amide bonds. The molecule has 4 rings (SSSR count). The SMILES string of the molecule is CC[C@H](C)NC(=O)[C@@H]1Cc2cc([N+](=O)[O-])ccc2N2CCN(Cc3ccc(Cl)cc3)C[C@@H]12. The Bertz CT molecular complexity index is 997. The Labute approximate surface area is 193 Å². The van der Waals surface area contributed by atoms with E-state index in [0.29, 0.717) is 6.42 Å². The van der Waals surface area contributed by atoms with Gasteiger partial charge in [-0.3, -0.25) is 19.8 Å². The van der Waals surface area contributed by atoms with Crippen LogP contribution in [0.1, 0.15) is 31.4 Å². The molecule has 0 bridgehead atoms. The first-order valence-corrected chi connectivity index (χ1v) is 11.5. The second kappa shape index (κ2) is 9.46. The minimum absolute atomic E-state index is 0.0223. The number of rotatable bonds is 6. The number of non-ortho nitro benzene ring substituents is 1. The van der Waals surface area contributed by atoms with Crippen molar-refractivity contribution < 1.29 is 9.72 Å². The highest BCUT2D eigenvalue weighted by atomic mass is 35.5. The third kappa shape index (κ3) is 4.74. The van der Waals surface area contributed by atoms with Gasteiger partial charge in [0.05, 0.1) is 16.9 Å². The molecule has 170 valence electrons. The van der Waals surface area contributed by atoms with E-state index in [0.717, 1.165) is 48.9 Å². The molecule has 7 nitrogen and oxygen atoms in total. The number of halogens is 1. The summed E-state index contributed by atoms with van der Waals surface area (Å²) in [6.07, 6.45) is 1.37. The van der Waals surface area contributed by atoms with Gasteiger partial charge in [0, 0.05) is 55.1 Å². The van der Waals surface area contributed by atoms with Crippen LogP contribution in [0.25, 0.3) is 0 Å². The lowest BCUT2D eigenvalue weighted by molar-refractivity contribution is -0.384. The zero-order valence-electron chi connectivity index (χ0n) is 18.5. The van der Waals surface area contributed by atoms with Gasteiger partial charge in [-0.05, 0) is 49.1 Å². The summed E-state index contributed by atoms with van der Waals surface area (Å²) >= 11 is 6.02. The molecule has 2 heterocycles. The Kier molecular flexibility index (Phi) is 6.67. The number of carbonyl (C=O) groups excluding carboxylic acids is 1. The number of nitro groups is 1. The van der Waals surface area contributed by atoms with Crippen LogP contribution in [0.15, 0.2) is 42.5 Å². The number of nitrogens with zero attached hydrogens (tertiary/aromatic N) is 3. The van der Waals surface area contributed by atoms with Crippen molar-refractivity contribution in [2.24, 2.45) is 5.92 Å². The highest BCUT2D eigenvalue weighted by Crippen LogP contribution is 2.38. The number of benzene rings is 2. The van der Waals surface area contributed by atoms with Gasteiger partial charge in [-0.15, -0.1) is 0 Å². The molecule has 1 saturated heterocycles. The molecular weight excluding hydrogens is 428 g/mol. The Morgan fingerprint density at radius 2 is 2.00 bits per heavy atom. The Hall–Kier alpha value is -2.64. The monoisotopic (exact) mass is 456 g/mol. The number of fused-ring (bicyclic) bond motifs is 3. The van der Waals surface area contributed by atoms with Gasteiger partial charge in [0.25, 0.3) is 5.69 Å². The molecule has 0 saturated carbocycles. The molecule has 0 unspecified atom stereocenters. The van der Waals surface area contributed by atoms with Crippen LogP contribution in [0.2, 0.25) is 5.02 Å². The first kappa shape index (κ1) is 22.6. The van der Waals surface area contributed by atoms with Crippen LogP contribution < -0.4 is 10.2 Å². The van der Waals surface area contributed by atoms with Gasteiger partial charge in [-0.25, -0.2) is 0 Å². The van der Waals surface area contributed by atoms with Crippen LogP contribution in [0.5, 0.6) is 0 Å². The summed E-state index contributed by atoms with van der Waals surface area (Å²) in [6, 6.07) is 13.0. The molecule has 8 heteroatoms. The number of amides is 1. The predicted molar refractivity (Wildman–Crippen MR) is 126 cm³/mol. The second-order valence-corrected chi connectivity index (χ2v) is 9.26. The summed E-state index contributed by atoms with van der Waals surface area (Å²) in [5.74, 6) is -0.230. The van der Waals surface area contributed by atoms with E-state index in [1.54, 1.807) is 12.1 Å². The summed E-state index contributed by atoms with van der Waals surface area (Å²) in [6.45, 7) is 7.24. The normalized spacial score (nSPS) is 21.4. The fraction of sp³-hybridized carbons (Fsp3) is 0.458. The van der Waals surface area contributed by atoms with E-state index in [4.69, 9.17) is 11.6 Å². The average Bonchev–Trinajstić information content (AvgIpc) is 2.79. The van der Waals surface area contributed by atoms with Crippen molar-refractivity contribution in [1.82, 2.24) is 10.2 Å². The van der Waals surface area contributed by atoms with Gasteiger partial charge < -0.3 is 10.2 Å². The smallest absolute Gasteiger partial charge is 0.269 e. The Morgan fingerprint density at radius 1 is 1.25 bits per heavy atom. The standard InChI is InChI=1S/C24H29ClN4O3/c1-3-16(2)26-24(30)21-13-18-12-20(29(31)32)8-9-22(18)28-11-10-27(15-23(21)28)14-17-4-6-19(25)7-5-17/h4-9,12,16,21,23H,3,10-11,13-15H2,1-2H3,(H,26,30)/t16-,21+,23-/m0/s1. The van der Waals surface area contributed by atoms with Crippen LogP contribution in [-0.4, -0.2) is 47.4 Å². The van der Waals surface area contributed by atoms with Crippen molar-refractivity contribution in [2.45, 2.75) is 45.3 Å². The zero-order valence-corrected chi connectivity index (χ0v) is 19.2. The van der Waals surface area contributed by atoms with E-state index in [1.165, 1.54) is 5.56 Å². The molecule has 2 aliphatic rings. The molecule has 32 heavy (non-hydrogen) atoms. The molecule has 2 aromatic rings. The van der Waals surface area contributed by atoms with Gasteiger partial charge in [0.15, 0.2) is 0 Å². The lowest BCUT2D eigenvalue weighted by atomic mass is 9.83. The maximum Gasteiger partial charge on any atom is 0.269 e. The van der Waals surface area contributed by atoms with E-state index >= 15 is 0 Å². The molecule has 0 spiro atoms. The fourth-order valence-electron chi connectivity index (χ4n) is 4.73. The van der Waals surface area contributed by atoms with E-state index in [-0.39, 0.29) is 34.5 Å². The molecule has 1 fully saturated rings. The van der Waals surface area contributed by atoms with Crippen LogP contribution >= 0.6 is 11.6 Å². The molecular formula is C24H29ClN4O3. The van der Waals surface area contributed by atoms with Crippen LogP contribution in [0, 0.1) is 16.0 Å². The minimum atomic E-state index is -0.370. The van der Waals surface area contributed by atoms with Crippen LogP contribution in [0.3, 0.4) is 0 Å². The first-order valence-electron chi connectivity index (χ1n) is 11.2. The minimum Gasteiger partial charge on any atom is -0.365 e. The van der Waals surface area contributed by atoms with Crippen molar-refractivity contribution in [3.63, 3.8) is 0 Å². The van der Waals surface area contributed by atoms with E-state index < -0.39 is 0 Å². The predicted octanol–water partition coefficient (Wildman–Crippen LogP) is 4.03. The fourth-order valence-corrected chi connectivity index (χ4v) is 4.85. The van der Waals surface area contributed by atoms with Gasteiger partial charge in [0.1, 0.15) is 0 Å². The Balaban J connectivity index is 1.60. The van der Waals surface area contributed by atoms with Crippen LogP contribution in [0.4, 0.5) is 11.4 Å². The quantitative estimate of drug-likeness (QED) is 0.524. The lowest BCUT2D eigenvalue weighted by Crippen LogP contribution is -2.61. The number of nitrogens with one attached hydrogen (secondary N) is 1. The summed E-state index contributed by atoms with van der Waals surface area (Å²) in [5.41, 5.74) is 3.16. The van der Waals surface area contributed by atoms with Crippen molar-refractivity contribution in [3.05, 3.63) is 68.7 Å². The van der Waals surface area contributed by atoms with Gasteiger partial charge >= 0.3 is 0 Å². The summed E-state index contributed by atoms with van der Waals surface area (Å²) < 4.78 is 0. The number of anilines is 1. The summed E-state index contributed by atoms with van der Waals surface area (Å²) in [7, 11) is 0. The largest absolute Gasteiger partial charge is 0.365 e. The number of piperazine rings is 1. The van der Waals surface area contributed by atoms with Crippen molar-refractivity contribution in [3.8, 4) is 0 Å². The number of nitro benzene ring substituents is 1. The lowest BCUT2D eigenvalue weighted by Gasteiger charge is -2.49. The molecule has 0 aliphatic carbocycles. The van der Waals surface area contributed by atoms with Crippen molar-refractivity contribution in [1.29, 1.82) is 0 Å². The van der Waals surface area contributed by atoms with E-state index in [1.807, 2.05) is 44.2 Å². The number of carbonyl (C=O) groups is 1. The third-order valence-electron chi connectivity index (χ3n) is 6.65. The Morgan fingerprint density at radius 3 is 2.69 bits per heavy atom. The third-order valence-corrected chi connectivity index (χ3v) is 6.90. The van der Waals surface area contributed by atoms with Crippen LogP contribution in [-0.2, 0) is 17.8 Å². The zero-order chi connectivity index (χ0) is 22.8. The average molecular weight is 457 g/mol. The highest BCUT2D eigenvalue weighted by molar-refractivity contribution is 6.30. The maximum atomic E-state index is 13.2. The molecule has 3 atom stereocenters. The second-order valence-electron chi connectivity index (χ2n) is 8.82. The number of hydrogen-bond acceptors (Lipinski definition) is 5. The van der Waals surface area contributed by atoms with Crippen molar-refractivity contribution >= 4 is 28.9 Å². The number of hydrogen-bond donors (Lipinski definition) is 1. The highest BCUT2D eigenvalue weighted by Gasteiger charge is 2.42. The van der Waals surface area contributed by atoms with Gasteiger partial charge in [-0.1, -0.05) is 30.7 Å². The summed E-state index contributed by atoms with van der Waals surface area (Å²) in [4.78, 5) is 28.8. The summed E-state index contributed by atoms with van der Waals surface area (Å²) in [5, 5.41) is 15.2. The van der Waals surface area contributed by atoms with Gasteiger partial charge in [0.2, 0.25) is 5.91 Å². The molecule has 2 aromatic carbocycles. The molecule has 1 N–H and O–H groups in total. The molecule has 0 aromatic heterocycles. The van der Waals surface area contributed by atoms with E-state index in [9.17, 15) is 14.9 Å². The molecule has 0 radical (unpaired) electrons. The van der Waals surface area contributed by atoms with Gasteiger partial charge in [-0.2, -0.15) is 0 Å².